The van der Waals surface area contributed by atoms with E-state index in [-0.39, 0.29) is 37.4 Å². The van der Waals surface area contributed by atoms with Crippen molar-refractivity contribution in [2.45, 2.75) is 58.3 Å². The first-order valence-electron chi connectivity index (χ1n) is 17.0. The SMILES string of the molecule is CSc1nc(Br)cn2c(-c3cnn(CC(=O)OC(C)(C)C)c3)cnc12.Cc1cc(NC(=O)Cn2cc(-c3cnc4c(Nc5cc(C)ns5)nc(Br)cn34)cn2)sn1.Cl. The third-order valence-electron chi connectivity index (χ3n) is 7.72. The zero-order valence-electron chi connectivity index (χ0n) is 31.7. The Morgan fingerprint density at radius 2 is 1.34 bits per heavy atom. The summed E-state index contributed by atoms with van der Waals surface area (Å²) in [4.78, 5) is 42.2. The first-order valence-corrected chi connectivity index (χ1v) is 21.4. The van der Waals surface area contributed by atoms with Gasteiger partial charge in [-0.05, 0) is 108 Å². The average molecular weight is 991 g/mol. The maximum atomic E-state index is 12.3. The Hall–Kier alpha value is -4.74. The molecule has 8 aromatic rings. The topological polar surface area (TPSA) is 189 Å². The van der Waals surface area contributed by atoms with Crippen molar-refractivity contribution < 1.29 is 14.3 Å². The summed E-state index contributed by atoms with van der Waals surface area (Å²) in [6, 6.07) is 3.79. The van der Waals surface area contributed by atoms with Gasteiger partial charge in [-0.15, -0.1) is 24.2 Å². The molecule has 0 saturated carbocycles. The number of hydrogen-bond acceptors (Lipinski definition) is 15. The van der Waals surface area contributed by atoms with Crippen molar-refractivity contribution in [3.8, 4) is 22.5 Å². The Bertz CT molecular complexity index is 2730. The number of amides is 1. The Balaban J connectivity index is 0.000000198. The van der Waals surface area contributed by atoms with Crippen LogP contribution in [0.3, 0.4) is 0 Å². The molecule has 0 aromatic carbocycles. The van der Waals surface area contributed by atoms with Gasteiger partial charge < -0.3 is 15.4 Å². The molecule has 0 aliphatic carbocycles. The van der Waals surface area contributed by atoms with Gasteiger partial charge in [0.25, 0.3) is 0 Å². The summed E-state index contributed by atoms with van der Waals surface area (Å²) in [5.74, 6) is 0.123. The first-order chi connectivity index (χ1) is 27.2. The molecular weight excluding hydrogens is 956 g/mol. The fraction of sp³-hybridized carbons (Fsp3) is 0.257. The van der Waals surface area contributed by atoms with Crippen LogP contribution in [0, 0.1) is 13.8 Å². The number of hydrogen-bond donors (Lipinski definition) is 2. The summed E-state index contributed by atoms with van der Waals surface area (Å²) in [5, 5.41) is 17.1. The highest BCUT2D eigenvalue weighted by atomic mass is 79.9. The molecule has 17 nitrogen and oxygen atoms in total. The van der Waals surface area contributed by atoms with E-state index in [2.05, 4.69) is 81.4 Å². The molecule has 0 saturated heterocycles. The molecule has 0 unspecified atom stereocenters. The van der Waals surface area contributed by atoms with Gasteiger partial charge in [-0.2, -0.15) is 18.9 Å². The highest BCUT2D eigenvalue weighted by molar-refractivity contribution is 9.10. The van der Waals surface area contributed by atoms with Crippen molar-refractivity contribution in [3.05, 3.63) is 82.3 Å². The minimum Gasteiger partial charge on any atom is -0.459 e. The molecule has 8 rings (SSSR count). The molecule has 2 N–H and O–H groups in total. The van der Waals surface area contributed by atoms with E-state index >= 15 is 0 Å². The number of aromatic nitrogens is 12. The molecule has 8 heterocycles. The number of anilines is 3. The van der Waals surface area contributed by atoms with Crippen LogP contribution in [0.4, 0.5) is 15.8 Å². The Labute approximate surface area is 367 Å². The standard InChI is InChI=1S/C19H16BrN9OS2.C16H18BrN5O2S.ClH/c1-10-3-16(31-26-10)24-15(30)9-28-7-12(5-22-28)13-6-21-19-18(23-14(20)8-29(13)19)25-17-4-11(2)27-32-17;1-16(2,3)24-13(23)9-21-7-10(5-19-21)11-6-18-14-15(25-4)20-12(17)8-22(11)14;/h3-8H,9H2,1-2H3,(H,23,25)(H,24,30);5-8H,9H2,1-4H3;1H. The van der Waals surface area contributed by atoms with Gasteiger partial charge in [0.1, 0.15) is 42.9 Å². The summed E-state index contributed by atoms with van der Waals surface area (Å²) in [7, 11) is 0. The van der Waals surface area contributed by atoms with Gasteiger partial charge in [0.2, 0.25) is 5.91 Å². The van der Waals surface area contributed by atoms with Crippen LogP contribution in [-0.4, -0.2) is 80.8 Å². The fourth-order valence-electron chi connectivity index (χ4n) is 5.50. The van der Waals surface area contributed by atoms with Gasteiger partial charge in [-0.3, -0.25) is 27.8 Å². The number of esters is 1. The second-order valence-corrected chi connectivity index (χ2v) is 17.5. The van der Waals surface area contributed by atoms with E-state index in [1.807, 2.05) is 80.4 Å². The number of fused-ring (bicyclic) bond motifs is 2. The van der Waals surface area contributed by atoms with Crippen LogP contribution in [0.25, 0.3) is 33.8 Å². The second kappa shape index (κ2) is 18.0. The van der Waals surface area contributed by atoms with Crippen molar-refractivity contribution >= 4 is 118 Å². The highest BCUT2D eigenvalue weighted by Gasteiger charge is 2.19. The van der Waals surface area contributed by atoms with Gasteiger partial charge in [-0.1, -0.05) is 0 Å². The fourth-order valence-corrected chi connectivity index (χ4v) is 8.24. The smallest absolute Gasteiger partial charge is 0.328 e. The predicted molar refractivity (Wildman–Crippen MR) is 234 cm³/mol. The van der Waals surface area contributed by atoms with Crippen LogP contribution >= 0.6 is 79.1 Å². The maximum absolute atomic E-state index is 12.3. The minimum atomic E-state index is -0.512. The van der Waals surface area contributed by atoms with Crippen LogP contribution < -0.4 is 10.6 Å². The summed E-state index contributed by atoms with van der Waals surface area (Å²) in [5.41, 5.74) is 6.15. The number of rotatable bonds is 10. The van der Waals surface area contributed by atoms with Crippen molar-refractivity contribution in [2.24, 2.45) is 0 Å². The lowest BCUT2D eigenvalue weighted by atomic mass is 10.2. The summed E-state index contributed by atoms with van der Waals surface area (Å²) in [6.07, 6.45) is 16.2. The van der Waals surface area contributed by atoms with Gasteiger partial charge in [0, 0.05) is 35.9 Å². The molecule has 302 valence electrons. The van der Waals surface area contributed by atoms with Crippen molar-refractivity contribution in [2.75, 3.05) is 16.9 Å². The monoisotopic (exact) mass is 988 g/mol. The van der Waals surface area contributed by atoms with Gasteiger partial charge >= 0.3 is 5.97 Å². The molecule has 8 aromatic heterocycles. The number of nitrogens with one attached hydrogen (secondary N) is 2. The van der Waals surface area contributed by atoms with Crippen LogP contribution in [0.1, 0.15) is 32.2 Å². The zero-order valence-corrected chi connectivity index (χ0v) is 38.1. The molecule has 0 radical (unpaired) electrons. The molecule has 0 aliphatic rings. The maximum Gasteiger partial charge on any atom is 0.328 e. The number of carbonyl (C=O) groups is 2. The average Bonchev–Trinajstić information content (AvgIpc) is 3.99. The van der Waals surface area contributed by atoms with Crippen LogP contribution in [0.2, 0.25) is 0 Å². The van der Waals surface area contributed by atoms with E-state index in [4.69, 9.17) is 4.74 Å². The molecule has 0 bridgehead atoms. The number of nitrogens with zero attached hydrogens (tertiary/aromatic N) is 12. The lowest BCUT2D eigenvalue weighted by molar-refractivity contribution is -0.155. The molecule has 0 fully saturated rings. The van der Waals surface area contributed by atoms with Crippen molar-refractivity contribution in [1.82, 2.24) is 57.0 Å². The summed E-state index contributed by atoms with van der Waals surface area (Å²) in [6.45, 7) is 9.50. The van der Waals surface area contributed by atoms with Crippen LogP contribution in [0.5, 0.6) is 0 Å². The summed E-state index contributed by atoms with van der Waals surface area (Å²) >= 11 is 11.1. The van der Waals surface area contributed by atoms with Crippen molar-refractivity contribution in [1.29, 1.82) is 0 Å². The zero-order chi connectivity index (χ0) is 40.4. The Morgan fingerprint density at radius 1 is 0.793 bits per heavy atom. The van der Waals surface area contributed by atoms with Gasteiger partial charge in [0.15, 0.2) is 17.1 Å². The second-order valence-electron chi connectivity index (χ2n) is 13.4. The van der Waals surface area contributed by atoms with Crippen LogP contribution in [0.15, 0.2) is 75.9 Å². The number of carbonyl (C=O) groups excluding carboxylic acids is 2. The predicted octanol–water partition coefficient (Wildman–Crippen LogP) is 8.11. The van der Waals surface area contributed by atoms with E-state index in [1.165, 1.54) is 34.8 Å². The molecular formula is C35H35Br2ClN14O3S3. The van der Waals surface area contributed by atoms with Gasteiger partial charge in [0.05, 0.1) is 47.6 Å². The third-order valence-corrected chi connectivity index (χ3v) is 10.7. The van der Waals surface area contributed by atoms with Gasteiger partial charge in [-0.25, -0.2) is 19.9 Å². The number of aryl methyl sites for hydroxylation is 2. The van der Waals surface area contributed by atoms with E-state index in [9.17, 15) is 9.59 Å². The van der Waals surface area contributed by atoms with Crippen LogP contribution in [-0.2, 0) is 27.4 Å². The molecule has 23 heteroatoms. The lowest BCUT2D eigenvalue weighted by Gasteiger charge is -2.19. The lowest BCUT2D eigenvalue weighted by Crippen LogP contribution is -2.26. The molecule has 1 amide bonds. The normalized spacial score (nSPS) is 11.3. The molecule has 0 aliphatic heterocycles. The van der Waals surface area contributed by atoms with E-state index in [0.29, 0.717) is 16.1 Å². The Morgan fingerprint density at radius 3 is 1.91 bits per heavy atom. The summed E-state index contributed by atoms with van der Waals surface area (Å²) < 4.78 is 22.2. The first kappa shape index (κ1) is 42.9. The van der Waals surface area contributed by atoms with E-state index < -0.39 is 5.60 Å². The van der Waals surface area contributed by atoms with E-state index in [1.54, 1.807) is 40.3 Å². The van der Waals surface area contributed by atoms with E-state index in [0.717, 1.165) is 59.2 Å². The number of thioether (sulfide) groups is 1. The quantitative estimate of drug-likeness (QED) is 0.0989. The number of ether oxygens (including phenoxy) is 1. The van der Waals surface area contributed by atoms with Crippen molar-refractivity contribution in [3.63, 3.8) is 0 Å². The largest absolute Gasteiger partial charge is 0.459 e. The third kappa shape index (κ3) is 10.3. The minimum absolute atomic E-state index is 0. The number of halogens is 3. The molecule has 0 spiro atoms. The highest BCUT2D eigenvalue weighted by Crippen LogP contribution is 2.30. The molecule has 58 heavy (non-hydrogen) atoms. The number of imidazole rings is 2. The molecule has 0 atom stereocenters. The Kier molecular flexibility index (Phi) is 13.3.